The summed E-state index contributed by atoms with van der Waals surface area (Å²) < 4.78 is 0. The van der Waals surface area contributed by atoms with E-state index in [1.807, 2.05) is 12.1 Å². The van der Waals surface area contributed by atoms with Crippen LogP contribution in [0.4, 0.5) is 0 Å². The predicted molar refractivity (Wildman–Crippen MR) is 93.6 cm³/mol. The normalized spacial score (nSPS) is 11.2. The fourth-order valence-electron chi connectivity index (χ4n) is 2.38. The van der Waals surface area contributed by atoms with Gasteiger partial charge in [0.1, 0.15) is 12.8 Å². The lowest BCUT2D eigenvalue weighted by Crippen LogP contribution is -2.29. The first-order chi connectivity index (χ1) is 11.0. The van der Waals surface area contributed by atoms with Crippen LogP contribution in [0.2, 0.25) is 0 Å². The summed E-state index contributed by atoms with van der Waals surface area (Å²) in [6, 6.07) is 14.5. The van der Waals surface area contributed by atoms with Gasteiger partial charge in [-0.15, -0.1) is 0 Å². The standard InChI is InChI=1S/C19H22N2O2/c1-13-8-9-17(10-14(13)2)16-7-5-6-15(11-16)12-18(21-23-4)19(22)20-3/h5-11H,12H2,1-4H3,(H,20,22). The molecule has 2 aromatic carbocycles. The molecule has 0 spiro atoms. The first-order valence-electron chi connectivity index (χ1n) is 7.54. The molecule has 0 radical (unpaired) electrons. The molecule has 4 nitrogen and oxygen atoms in total. The Morgan fingerprint density at radius 1 is 1.09 bits per heavy atom. The van der Waals surface area contributed by atoms with Crippen molar-refractivity contribution in [3.8, 4) is 11.1 Å². The molecule has 0 aliphatic rings. The van der Waals surface area contributed by atoms with E-state index in [0.717, 1.165) is 11.1 Å². The minimum atomic E-state index is -0.233. The lowest BCUT2D eigenvalue weighted by Gasteiger charge is -2.09. The van der Waals surface area contributed by atoms with Crippen molar-refractivity contribution in [3.63, 3.8) is 0 Å². The van der Waals surface area contributed by atoms with Crippen LogP contribution in [-0.2, 0) is 16.1 Å². The zero-order valence-corrected chi connectivity index (χ0v) is 14.0. The van der Waals surface area contributed by atoms with Crippen LogP contribution < -0.4 is 5.32 Å². The molecule has 0 saturated carbocycles. The number of oxime groups is 1. The molecule has 0 aromatic heterocycles. The maximum atomic E-state index is 11.8. The van der Waals surface area contributed by atoms with Crippen molar-refractivity contribution in [2.24, 2.45) is 5.16 Å². The molecule has 23 heavy (non-hydrogen) atoms. The second-order valence-electron chi connectivity index (χ2n) is 5.48. The van der Waals surface area contributed by atoms with Crippen molar-refractivity contribution in [1.82, 2.24) is 5.32 Å². The second kappa shape index (κ2) is 7.58. The zero-order valence-electron chi connectivity index (χ0n) is 14.0. The van der Waals surface area contributed by atoms with E-state index in [1.54, 1.807) is 7.05 Å². The number of carbonyl (C=O) groups is 1. The average Bonchev–Trinajstić information content (AvgIpc) is 2.56. The van der Waals surface area contributed by atoms with Crippen LogP contribution in [-0.4, -0.2) is 25.8 Å². The summed E-state index contributed by atoms with van der Waals surface area (Å²) in [4.78, 5) is 16.6. The Hall–Kier alpha value is -2.62. The topological polar surface area (TPSA) is 50.7 Å². The fourth-order valence-corrected chi connectivity index (χ4v) is 2.38. The SMILES string of the molecule is CNC(=O)C(Cc1cccc(-c2ccc(C)c(C)c2)c1)=NOC. The molecule has 0 heterocycles. The molecule has 2 aromatic rings. The highest BCUT2D eigenvalue weighted by molar-refractivity contribution is 6.39. The maximum Gasteiger partial charge on any atom is 0.269 e. The number of hydrogen-bond donors (Lipinski definition) is 1. The summed E-state index contributed by atoms with van der Waals surface area (Å²) in [7, 11) is 3.02. The molecule has 2 rings (SSSR count). The largest absolute Gasteiger partial charge is 0.399 e. The first kappa shape index (κ1) is 16.7. The summed E-state index contributed by atoms with van der Waals surface area (Å²) >= 11 is 0. The molecule has 1 N–H and O–H groups in total. The third-order valence-electron chi connectivity index (χ3n) is 3.83. The number of rotatable bonds is 5. The molecule has 0 unspecified atom stereocenters. The van der Waals surface area contributed by atoms with Gasteiger partial charge >= 0.3 is 0 Å². The quantitative estimate of drug-likeness (QED) is 0.681. The van der Waals surface area contributed by atoms with Gasteiger partial charge in [0, 0.05) is 13.5 Å². The van der Waals surface area contributed by atoms with Crippen LogP contribution in [0.1, 0.15) is 16.7 Å². The molecule has 4 heteroatoms. The van der Waals surface area contributed by atoms with Gasteiger partial charge in [0.05, 0.1) is 0 Å². The minimum absolute atomic E-state index is 0.233. The van der Waals surface area contributed by atoms with Gasteiger partial charge in [-0.2, -0.15) is 0 Å². The van der Waals surface area contributed by atoms with E-state index in [9.17, 15) is 4.79 Å². The molecule has 1 amide bonds. The monoisotopic (exact) mass is 310 g/mol. The second-order valence-corrected chi connectivity index (χ2v) is 5.48. The summed E-state index contributed by atoms with van der Waals surface area (Å²) in [6.45, 7) is 4.21. The first-order valence-corrected chi connectivity index (χ1v) is 7.54. The minimum Gasteiger partial charge on any atom is -0.399 e. The number of hydrogen-bond acceptors (Lipinski definition) is 3. The Kier molecular flexibility index (Phi) is 5.52. The van der Waals surface area contributed by atoms with Crippen molar-refractivity contribution in [1.29, 1.82) is 0 Å². The summed E-state index contributed by atoms with van der Waals surface area (Å²) in [5, 5.41) is 6.40. The van der Waals surface area contributed by atoms with Crippen LogP contribution in [0.15, 0.2) is 47.6 Å². The Morgan fingerprint density at radius 3 is 2.48 bits per heavy atom. The van der Waals surface area contributed by atoms with Crippen LogP contribution in [0.3, 0.4) is 0 Å². The number of carbonyl (C=O) groups excluding carboxylic acids is 1. The van der Waals surface area contributed by atoms with Crippen molar-refractivity contribution in [2.45, 2.75) is 20.3 Å². The number of aryl methyl sites for hydroxylation is 2. The van der Waals surface area contributed by atoms with Gasteiger partial charge in [-0.3, -0.25) is 4.79 Å². The van der Waals surface area contributed by atoms with E-state index in [1.165, 1.54) is 23.8 Å². The molecule has 0 saturated heterocycles. The summed E-state index contributed by atoms with van der Waals surface area (Å²) in [5.41, 5.74) is 6.20. The molecular formula is C19H22N2O2. The van der Waals surface area contributed by atoms with Gasteiger partial charge in [-0.1, -0.05) is 47.6 Å². The highest BCUT2D eigenvalue weighted by Gasteiger charge is 2.12. The van der Waals surface area contributed by atoms with E-state index < -0.39 is 0 Å². The fraction of sp³-hybridized carbons (Fsp3) is 0.263. The molecule has 0 atom stereocenters. The number of amides is 1. The van der Waals surface area contributed by atoms with E-state index >= 15 is 0 Å². The number of nitrogens with zero attached hydrogens (tertiary/aromatic N) is 1. The highest BCUT2D eigenvalue weighted by atomic mass is 16.6. The predicted octanol–water partition coefficient (Wildman–Crippen LogP) is 3.26. The van der Waals surface area contributed by atoms with Crippen LogP contribution in [0, 0.1) is 13.8 Å². The third-order valence-corrected chi connectivity index (χ3v) is 3.83. The van der Waals surface area contributed by atoms with Crippen LogP contribution in [0.25, 0.3) is 11.1 Å². The van der Waals surface area contributed by atoms with E-state index in [4.69, 9.17) is 4.84 Å². The summed E-state index contributed by atoms with van der Waals surface area (Å²) in [5.74, 6) is -0.233. The average molecular weight is 310 g/mol. The van der Waals surface area contributed by atoms with Crippen molar-refractivity contribution in [2.75, 3.05) is 14.2 Å². The lowest BCUT2D eigenvalue weighted by atomic mass is 9.97. The van der Waals surface area contributed by atoms with Gasteiger partial charge in [-0.25, -0.2) is 0 Å². The van der Waals surface area contributed by atoms with Gasteiger partial charge in [-0.05, 0) is 41.7 Å². The van der Waals surface area contributed by atoms with E-state index in [2.05, 4.69) is 54.7 Å². The van der Waals surface area contributed by atoms with Crippen LogP contribution in [0.5, 0.6) is 0 Å². The van der Waals surface area contributed by atoms with Gasteiger partial charge in [0.25, 0.3) is 5.91 Å². The Labute approximate surface area is 137 Å². The van der Waals surface area contributed by atoms with Crippen molar-refractivity contribution in [3.05, 3.63) is 59.2 Å². The Balaban J connectivity index is 2.30. The van der Waals surface area contributed by atoms with Gasteiger partial charge < -0.3 is 10.2 Å². The van der Waals surface area contributed by atoms with Gasteiger partial charge in [0.2, 0.25) is 0 Å². The van der Waals surface area contributed by atoms with E-state index in [-0.39, 0.29) is 5.91 Å². The van der Waals surface area contributed by atoms with E-state index in [0.29, 0.717) is 12.1 Å². The molecule has 0 aliphatic carbocycles. The lowest BCUT2D eigenvalue weighted by molar-refractivity contribution is -0.114. The highest BCUT2D eigenvalue weighted by Crippen LogP contribution is 2.23. The smallest absolute Gasteiger partial charge is 0.269 e. The Bertz CT molecular complexity index is 736. The van der Waals surface area contributed by atoms with Crippen molar-refractivity contribution >= 4 is 11.6 Å². The van der Waals surface area contributed by atoms with Crippen LogP contribution >= 0.6 is 0 Å². The van der Waals surface area contributed by atoms with Crippen molar-refractivity contribution < 1.29 is 9.63 Å². The molecule has 0 fully saturated rings. The zero-order chi connectivity index (χ0) is 16.8. The Morgan fingerprint density at radius 2 is 1.83 bits per heavy atom. The summed E-state index contributed by atoms with van der Waals surface area (Å²) in [6.07, 6.45) is 0.423. The third kappa shape index (κ3) is 4.19. The maximum absolute atomic E-state index is 11.8. The number of nitrogens with one attached hydrogen (secondary N) is 1. The molecule has 0 bridgehead atoms. The number of benzene rings is 2. The molecule has 0 aliphatic heterocycles. The van der Waals surface area contributed by atoms with Gasteiger partial charge in [0.15, 0.2) is 0 Å². The molecular weight excluding hydrogens is 288 g/mol. The molecule has 120 valence electrons.